The first kappa shape index (κ1) is 12.6. The molecule has 4 rings (SSSR count). The van der Waals surface area contributed by atoms with E-state index in [1.807, 2.05) is 60.3 Å². The number of anilines is 1. The van der Waals surface area contributed by atoms with Gasteiger partial charge in [-0.15, -0.1) is 0 Å². The second-order valence-corrected chi connectivity index (χ2v) is 5.33. The van der Waals surface area contributed by atoms with Crippen molar-refractivity contribution in [3.8, 4) is 0 Å². The maximum atomic E-state index is 12.4. The van der Waals surface area contributed by atoms with Crippen molar-refractivity contribution in [3.05, 3.63) is 60.4 Å². The molecule has 0 aliphatic rings. The number of carbonyl (C=O) groups is 1. The number of aryl methyl sites for hydroxylation is 1. The van der Waals surface area contributed by atoms with Crippen molar-refractivity contribution in [1.82, 2.24) is 14.8 Å². The quantitative estimate of drug-likeness (QED) is 0.595. The number of nitrogens with zero attached hydrogens (tertiary/aromatic N) is 2. The smallest absolute Gasteiger partial charge is 0.255 e. The van der Waals surface area contributed by atoms with Crippen LogP contribution in [-0.2, 0) is 7.05 Å². The summed E-state index contributed by atoms with van der Waals surface area (Å²) in [5.74, 6) is -0.119. The normalized spacial score (nSPS) is 11.1. The Hall–Kier alpha value is -3.08. The van der Waals surface area contributed by atoms with Crippen LogP contribution in [0.3, 0.4) is 0 Å². The molecule has 0 unspecified atom stereocenters. The molecule has 22 heavy (non-hydrogen) atoms. The molecule has 2 N–H and O–H groups in total. The lowest BCUT2D eigenvalue weighted by Gasteiger charge is -2.06. The molecular weight excluding hydrogens is 276 g/mol. The second kappa shape index (κ2) is 4.73. The van der Waals surface area contributed by atoms with Crippen LogP contribution in [0.15, 0.2) is 54.9 Å². The zero-order valence-electron chi connectivity index (χ0n) is 12.0. The molecule has 5 nitrogen and oxygen atoms in total. The summed E-state index contributed by atoms with van der Waals surface area (Å²) in [4.78, 5) is 12.4. The number of aromatic amines is 1. The van der Waals surface area contributed by atoms with E-state index in [1.54, 1.807) is 6.20 Å². The lowest BCUT2D eigenvalue weighted by molar-refractivity contribution is 0.102. The van der Waals surface area contributed by atoms with Crippen LogP contribution in [0.1, 0.15) is 10.4 Å². The number of carbonyl (C=O) groups excluding carboxylic acids is 1. The highest BCUT2D eigenvalue weighted by Crippen LogP contribution is 2.20. The van der Waals surface area contributed by atoms with E-state index in [4.69, 9.17) is 0 Å². The first-order chi connectivity index (χ1) is 10.7. The van der Waals surface area contributed by atoms with Crippen LogP contribution in [0.25, 0.3) is 21.8 Å². The molecule has 0 saturated heterocycles. The molecule has 0 radical (unpaired) electrons. The zero-order chi connectivity index (χ0) is 15.1. The number of amides is 1. The molecule has 0 spiro atoms. The number of benzene rings is 2. The third-order valence-corrected chi connectivity index (χ3v) is 3.85. The topological polar surface area (TPSA) is 62.7 Å². The van der Waals surface area contributed by atoms with Crippen molar-refractivity contribution < 1.29 is 4.79 Å². The molecular formula is C17H14N4O. The average molecular weight is 290 g/mol. The number of rotatable bonds is 2. The monoisotopic (exact) mass is 290 g/mol. The number of H-pyrrole nitrogens is 1. The van der Waals surface area contributed by atoms with E-state index in [9.17, 15) is 4.79 Å². The van der Waals surface area contributed by atoms with Gasteiger partial charge in [-0.3, -0.25) is 9.89 Å². The lowest BCUT2D eigenvalue weighted by Crippen LogP contribution is -2.11. The first-order valence-corrected chi connectivity index (χ1v) is 7.00. The van der Waals surface area contributed by atoms with Crippen molar-refractivity contribution in [2.75, 3.05) is 5.32 Å². The molecule has 0 aliphatic carbocycles. The number of nitrogens with one attached hydrogen (secondary N) is 2. The highest BCUT2D eigenvalue weighted by Gasteiger charge is 2.09. The van der Waals surface area contributed by atoms with Crippen molar-refractivity contribution >= 4 is 33.4 Å². The average Bonchev–Trinajstić information content (AvgIpc) is 3.13. The maximum Gasteiger partial charge on any atom is 0.255 e. The van der Waals surface area contributed by atoms with Crippen LogP contribution in [0.5, 0.6) is 0 Å². The van der Waals surface area contributed by atoms with Gasteiger partial charge in [0.05, 0.1) is 11.7 Å². The fourth-order valence-electron chi connectivity index (χ4n) is 2.63. The molecule has 0 bridgehead atoms. The SMILES string of the molecule is Cn1ccc2ccc(C(=O)Nc3ccc4[nH]ncc4c3)cc21. The van der Waals surface area contributed by atoms with Gasteiger partial charge in [0.2, 0.25) is 0 Å². The molecule has 108 valence electrons. The Morgan fingerprint density at radius 1 is 1.14 bits per heavy atom. The summed E-state index contributed by atoms with van der Waals surface area (Å²) in [6.07, 6.45) is 3.72. The summed E-state index contributed by atoms with van der Waals surface area (Å²) in [7, 11) is 1.97. The largest absolute Gasteiger partial charge is 0.351 e. The molecule has 2 aromatic carbocycles. The van der Waals surface area contributed by atoms with Crippen LogP contribution in [0.2, 0.25) is 0 Å². The van der Waals surface area contributed by atoms with Gasteiger partial charge in [-0.25, -0.2) is 0 Å². The zero-order valence-corrected chi connectivity index (χ0v) is 12.0. The Morgan fingerprint density at radius 2 is 2.05 bits per heavy atom. The van der Waals surface area contributed by atoms with Crippen LogP contribution in [-0.4, -0.2) is 20.7 Å². The molecule has 0 aliphatic heterocycles. The minimum absolute atomic E-state index is 0.119. The van der Waals surface area contributed by atoms with Crippen LogP contribution in [0.4, 0.5) is 5.69 Å². The van der Waals surface area contributed by atoms with Gasteiger partial charge >= 0.3 is 0 Å². The number of hydrogen-bond acceptors (Lipinski definition) is 2. The second-order valence-electron chi connectivity index (χ2n) is 5.33. The summed E-state index contributed by atoms with van der Waals surface area (Å²) in [5, 5.41) is 11.9. The molecule has 0 saturated carbocycles. The molecule has 0 fully saturated rings. The van der Waals surface area contributed by atoms with Gasteiger partial charge in [0.15, 0.2) is 0 Å². The number of fused-ring (bicyclic) bond motifs is 2. The van der Waals surface area contributed by atoms with Gasteiger partial charge in [-0.05, 0) is 41.8 Å². The van der Waals surface area contributed by atoms with Crippen molar-refractivity contribution in [3.63, 3.8) is 0 Å². The Morgan fingerprint density at radius 3 is 2.95 bits per heavy atom. The minimum atomic E-state index is -0.119. The highest BCUT2D eigenvalue weighted by atomic mass is 16.1. The van der Waals surface area contributed by atoms with E-state index in [2.05, 4.69) is 15.5 Å². The predicted octanol–water partition coefficient (Wildman–Crippen LogP) is 3.31. The molecule has 4 aromatic rings. The van der Waals surface area contributed by atoms with E-state index < -0.39 is 0 Å². The van der Waals surface area contributed by atoms with Gasteiger partial charge < -0.3 is 9.88 Å². The molecule has 0 atom stereocenters. The van der Waals surface area contributed by atoms with Gasteiger partial charge in [0.1, 0.15) is 0 Å². The summed E-state index contributed by atoms with van der Waals surface area (Å²) in [6, 6.07) is 13.4. The van der Waals surface area contributed by atoms with Crippen LogP contribution < -0.4 is 5.32 Å². The summed E-state index contributed by atoms with van der Waals surface area (Å²) < 4.78 is 2.00. The maximum absolute atomic E-state index is 12.4. The fourth-order valence-corrected chi connectivity index (χ4v) is 2.63. The van der Waals surface area contributed by atoms with Gasteiger partial charge in [0, 0.05) is 35.4 Å². The third-order valence-electron chi connectivity index (χ3n) is 3.85. The Kier molecular flexibility index (Phi) is 2.72. The highest BCUT2D eigenvalue weighted by molar-refractivity contribution is 6.06. The van der Waals surface area contributed by atoms with Crippen LogP contribution in [0, 0.1) is 0 Å². The van der Waals surface area contributed by atoms with E-state index in [0.29, 0.717) is 5.56 Å². The number of aromatic nitrogens is 3. The van der Waals surface area contributed by atoms with E-state index in [-0.39, 0.29) is 5.91 Å². The fraction of sp³-hybridized carbons (Fsp3) is 0.0588. The molecule has 1 amide bonds. The van der Waals surface area contributed by atoms with E-state index >= 15 is 0 Å². The van der Waals surface area contributed by atoms with E-state index in [1.165, 1.54) is 0 Å². The summed E-state index contributed by atoms with van der Waals surface area (Å²) in [6.45, 7) is 0. The Bertz CT molecular complexity index is 996. The Labute approximate surface area is 126 Å². The molecule has 2 heterocycles. The molecule has 5 heteroatoms. The van der Waals surface area contributed by atoms with Gasteiger partial charge in [-0.1, -0.05) is 6.07 Å². The van der Waals surface area contributed by atoms with Crippen molar-refractivity contribution in [2.45, 2.75) is 0 Å². The molecule has 2 aromatic heterocycles. The van der Waals surface area contributed by atoms with Crippen LogP contribution >= 0.6 is 0 Å². The summed E-state index contributed by atoms with van der Waals surface area (Å²) >= 11 is 0. The third kappa shape index (κ3) is 2.03. The Balaban J connectivity index is 1.65. The predicted molar refractivity (Wildman–Crippen MR) is 87.0 cm³/mol. The van der Waals surface area contributed by atoms with Crippen molar-refractivity contribution in [2.24, 2.45) is 7.05 Å². The van der Waals surface area contributed by atoms with E-state index in [0.717, 1.165) is 27.5 Å². The minimum Gasteiger partial charge on any atom is -0.351 e. The summed E-state index contributed by atoms with van der Waals surface area (Å²) in [5.41, 5.74) is 3.38. The number of hydrogen-bond donors (Lipinski definition) is 2. The standard InChI is InChI=1S/C17H14N4O/c1-21-7-6-11-2-3-12(9-16(11)21)17(22)19-14-4-5-15-13(8-14)10-18-20-15/h2-10H,1H3,(H,18,20)(H,19,22). The van der Waals surface area contributed by atoms with Gasteiger partial charge in [-0.2, -0.15) is 5.10 Å². The first-order valence-electron chi connectivity index (χ1n) is 7.00. The lowest BCUT2D eigenvalue weighted by atomic mass is 10.1. The van der Waals surface area contributed by atoms with Crippen molar-refractivity contribution in [1.29, 1.82) is 0 Å². The van der Waals surface area contributed by atoms with Gasteiger partial charge in [0.25, 0.3) is 5.91 Å².